The third-order valence-electron chi connectivity index (χ3n) is 2.83. The molecular formula is C12H13N3O6. The molecule has 0 saturated carbocycles. The summed E-state index contributed by atoms with van der Waals surface area (Å²) in [6.45, 7) is 0. The fourth-order valence-electron chi connectivity index (χ4n) is 1.69. The third kappa shape index (κ3) is 3.40. The zero-order valence-electron chi connectivity index (χ0n) is 10.7. The van der Waals surface area contributed by atoms with Crippen molar-refractivity contribution in [2.75, 3.05) is 0 Å². The minimum Gasteiger partial charge on any atom is -0.454 e. The van der Waals surface area contributed by atoms with Gasteiger partial charge < -0.3 is 20.1 Å². The summed E-state index contributed by atoms with van der Waals surface area (Å²) in [5, 5.41) is 31.8. The molecule has 0 bridgehead atoms. The molecule has 4 atom stereocenters. The number of aromatic nitrogens is 1. The van der Waals surface area contributed by atoms with Crippen molar-refractivity contribution in [2.24, 2.45) is 5.10 Å². The number of nitrogens with zero attached hydrogens (tertiary/aromatic N) is 2. The molecule has 21 heavy (non-hydrogen) atoms. The molecule has 1 aliphatic rings. The van der Waals surface area contributed by atoms with Crippen molar-refractivity contribution >= 4 is 18.1 Å². The number of amides is 1. The van der Waals surface area contributed by atoms with Gasteiger partial charge in [0.15, 0.2) is 12.2 Å². The number of pyridine rings is 1. The van der Waals surface area contributed by atoms with Gasteiger partial charge in [-0.05, 0) is 12.1 Å². The quantitative estimate of drug-likeness (QED) is 0.281. The summed E-state index contributed by atoms with van der Waals surface area (Å²) in [5.74, 6) is -1.55. The first kappa shape index (κ1) is 15.0. The van der Waals surface area contributed by atoms with Crippen LogP contribution in [0, 0.1) is 0 Å². The largest absolute Gasteiger partial charge is 0.454 e. The Bertz CT molecular complexity index is 549. The number of hydrogen-bond acceptors (Lipinski definition) is 8. The Labute approximate surface area is 118 Å². The van der Waals surface area contributed by atoms with Crippen molar-refractivity contribution in [1.29, 1.82) is 0 Å². The first-order valence-electron chi connectivity index (χ1n) is 5.99. The van der Waals surface area contributed by atoms with Crippen molar-refractivity contribution in [3.05, 3.63) is 30.1 Å². The predicted molar refractivity (Wildman–Crippen MR) is 68.1 cm³/mol. The van der Waals surface area contributed by atoms with Gasteiger partial charge in [0.05, 0.1) is 6.21 Å². The van der Waals surface area contributed by atoms with E-state index in [1.807, 2.05) is 0 Å². The zero-order valence-corrected chi connectivity index (χ0v) is 10.7. The molecule has 1 amide bonds. The van der Waals surface area contributed by atoms with Crippen LogP contribution in [0.25, 0.3) is 0 Å². The highest BCUT2D eigenvalue weighted by Crippen LogP contribution is 2.18. The molecule has 1 aromatic rings. The van der Waals surface area contributed by atoms with Crippen LogP contribution in [0.3, 0.4) is 0 Å². The number of carbonyl (C=O) groups excluding carboxylic acids is 2. The van der Waals surface area contributed by atoms with Crippen LogP contribution in [0.2, 0.25) is 0 Å². The molecule has 112 valence electrons. The van der Waals surface area contributed by atoms with Crippen LogP contribution in [-0.2, 0) is 9.53 Å². The number of esters is 1. The maximum Gasteiger partial charge on any atom is 0.338 e. The smallest absolute Gasteiger partial charge is 0.338 e. The number of nitrogens with one attached hydrogen (secondary N) is 1. The van der Waals surface area contributed by atoms with Gasteiger partial charge in [0.1, 0.15) is 12.2 Å². The van der Waals surface area contributed by atoms with E-state index in [-0.39, 0.29) is 0 Å². The van der Waals surface area contributed by atoms with Crippen LogP contribution in [0.5, 0.6) is 0 Å². The second-order valence-electron chi connectivity index (χ2n) is 4.28. The van der Waals surface area contributed by atoms with E-state index in [0.29, 0.717) is 5.56 Å². The van der Waals surface area contributed by atoms with Crippen LogP contribution < -0.4 is 5.43 Å². The second kappa shape index (κ2) is 6.39. The van der Waals surface area contributed by atoms with Crippen LogP contribution in [-0.4, -0.2) is 62.8 Å². The topological polar surface area (TPSA) is 141 Å². The Morgan fingerprint density at radius 2 is 2.10 bits per heavy atom. The van der Waals surface area contributed by atoms with Gasteiger partial charge in [-0.3, -0.25) is 9.78 Å². The summed E-state index contributed by atoms with van der Waals surface area (Å²) in [7, 11) is 0. The molecule has 9 heteroatoms. The molecule has 0 aromatic carbocycles. The van der Waals surface area contributed by atoms with Crippen molar-refractivity contribution in [3.63, 3.8) is 0 Å². The van der Waals surface area contributed by atoms with Crippen molar-refractivity contribution in [3.8, 4) is 0 Å². The highest BCUT2D eigenvalue weighted by molar-refractivity contribution is 5.94. The summed E-state index contributed by atoms with van der Waals surface area (Å²) in [6, 6.07) is 2.94. The van der Waals surface area contributed by atoms with Crippen LogP contribution in [0.4, 0.5) is 0 Å². The summed E-state index contributed by atoms with van der Waals surface area (Å²) >= 11 is 0. The van der Waals surface area contributed by atoms with Gasteiger partial charge >= 0.3 is 5.97 Å². The van der Waals surface area contributed by atoms with E-state index in [2.05, 4.69) is 20.2 Å². The third-order valence-corrected chi connectivity index (χ3v) is 2.83. The lowest BCUT2D eigenvalue weighted by Gasteiger charge is -2.16. The number of carbonyl (C=O) groups is 2. The lowest BCUT2D eigenvalue weighted by atomic mass is 10.1. The molecule has 4 N–H and O–H groups in total. The van der Waals surface area contributed by atoms with E-state index in [4.69, 9.17) is 0 Å². The molecule has 1 aliphatic heterocycles. The number of aliphatic hydroxyl groups is 3. The van der Waals surface area contributed by atoms with Gasteiger partial charge in [-0.1, -0.05) is 0 Å². The van der Waals surface area contributed by atoms with Crippen molar-refractivity contribution in [1.82, 2.24) is 10.4 Å². The molecule has 0 unspecified atom stereocenters. The molecule has 1 saturated heterocycles. The normalized spacial score (nSPS) is 26.6. The number of hydrazone groups is 1. The first-order chi connectivity index (χ1) is 10.0. The van der Waals surface area contributed by atoms with Gasteiger partial charge in [-0.2, -0.15) is 5.10 Å². The maximum atomic E-state index is 11.6. The second-order valence-corrected chi connectivity index (χ2v) is 4.28. The molecule has 9 nitrogen and oxygen atoms in total. The minimum atomic E-state index is -1.70. The van der Waals surface area contributed by atoms with Gasteiger partial charge in [-0.25, -0.2) is 10.2 Å². The van der Waals surface area contributed by atoms with Gasteiger partial charge in [0.2, 0.25) is 0 Å². The number of hydrogen-bond donors (Lipinski definition) is 4. The van der Waals surface area contributed by atoms with E-state index < -0.39 is 36.3 Å². The minimum absolute atomic E-state index is 0.319. The molecule has 0 radical (unpaired) electrons. The van der Waals surface area contributed by atoms with Gasteiger partial charge in [0, 0.05) is 18.0 Å². The monoisotopic (exact) mass is 295 g/mol. The zero-order chi connectivity index (χ0) is 15.4. The summed E-state index contributed by atoms with van der Waals surface area (Å²) in [4.78, 5) is 26.4. The van der Waals surface area contributed by atoms with E-state index in [1.165, 1.54) is 24.5 Å². The fraction of sp³-hybridized carbons (Fsp3) is 0.333. The van der Waals surface area contributed by atoms with E-state index in [0.717, 1.165) is 6.21 Å². The van der Waals surface area contributed by atoms with Crippen LogP contribution in [0.15, 0.2) is 29.6 Å². The lowest BCUT2D eigenvalue weighted by molar-refractivity contribution is -0.149. The number of cyclic esters (lactones) is 1. The highest BCUT2D eigenvalue weighted by atomic mass is 16.6. The Kier molecular flexibility index (Phi) is 4.58. The number of ether oxygens (including phenoxy) is 1. The number of rotatable bonds is 4. The molecule has 1 fully saturated rings. The van der Waals surface area contributed by atoms with Crippen LogP contribution >= 0.6 is 0 Å². The van der Waals surface area contributed by atoms with E-state index in [1.54, 1.807) is 0 Å². The van der Waals surface area contributed by atoms with Crippen molar-refractivity contribution in [2.45, 2.75) is 24.4 Å². The summed E-state index contributed by atoms with van der Waals surface area (Å²) in [5.41, 5.74) is 2.47. The molecule has 2 rings (SSSR count). The van der Waals surface area contributed by atoms with Gasteiger partial charge in [0.25, 0.3) is 5.91 Å². The average molecular weight is 295 g/mol. The predicted octanol–water partition coefficient (Wildman–Crippen LogP) is -2.19. The SMILES string of the molecule is O=C(N/N=C\[C@H](O)[C@@H]1OC(=O)[C@H](O)[C@H]1O)c1ccncc1. The Morgan fingerprint density at radius 1 is 1.43 bits per heavy atom. The summed E-state index contributed by atoms with van der Waals surface area (Å²) < 4.78 is 4.59. The highest BCUT2D eigenvalue weighted by Gasteiger charge is 2.45. The first-order valence-corrected chi connectivity index (χ1v) is 5.99. The molecular weight excluding hydrogens is 282 g/mol. The average Bonchev–Trinajstić information content (AvgIpc) is 2.75. The van der Waals surface area contributed by atoms with Gasteiger partial charge in [-0.15, -0.1) is 0 Å². The maximum absolute atomic E-state index is 11.6. The van der Waals surface area contributed by atoms with Crippen LogP contribution in [0.1, 0.15) is 10.4 Å². The summed E-state index contributed by atoms with van der Waals surface area (Å²) in [6.07, 6.45) is -2.32. The molecule has 1 aromatic heterocycles. The standard InChI is InChI=1S/C12H13N3O6/c16-7(10-8(17)9(18)12(20)21-10)5-14-15-11(19)6-1-3-13-4-2-6/h1-5,7-10,16-18H,(H,15,19)/b14-5-/t7-,8+,9+,10-/m0/s1. The lowest BCUT2D eigenvalue weighted by Crippen LogP contribution is -2.39. The Balaban J connectivity index is 1.90. The number of aliphatic hydroxyl groups excluding tert-OH is 3. The molecule has 0 aliphatic carbocycles. The van der Waals surface area contributed by atoms with E-state index in [9.17, 15) is 24.9 Å². The van der Waals surface area contributed by atoms with Crippen molar-refractivity contribution < 1.29 is 29.6 Å². The molecule has 2 heterocycles. The fourth-order valence-corrected chi connectivity index (χ4v) is 1.69. The van der Waals surface area contributed by atoms with E-state index >= 15 is 0 Å². The molecule has 0 spiro atoms. The Morgan fingerprint density at radius 3 is 2.67 bits per heavy atom. The Hall–Kier alpha value is -2.36.